The van der Waals surface area contributed by atoms with E-state index in [2.05, 4.69) is 19.9 Å². The van der Waals surface area contributed by atoms with Gasteiger partial charge >= 0.3 is 0 Å². The van der Waals surface area contributed by atoms with Crippen molar-refractivity contribution < 1.29 is 14.3 Å². The van der Waals surface area contributed by atoms with E-state index in [4.69, 9.17) is 9.47 Å². The number of rotatable bonds is 5. The van der Waals surface area contributed by atoms with Crippen LogP contribution in [0.1, 0.15) is 25.7 Å². The summed E-state index contributed by atoms with van der Waals surface area (Å²) in [7, 11) is 0. The van der Waals surface area contributed by atoms with Gasteiger partial charge in [-0.1, -0.05) is 12.1 Å². The van der Waals surface area contributed by atoms with Gasteiger partial charge in [0.1, 0.15) is 11.9 Å². The van der Waals surface area contributed by atoms with Crippen LogP contribution in [0, 0.1) is 5.92 Å². The number of hydrogen-bond donors (Lipinski definition) is 1. The molecule has 1 aromatic carbocycles. The number of amides is 1. The van der Waals surface area contributed by atoms with Crippen LogP contribution in [-0.2, 0) is 9.53 Å². The minimum absolute atomic E-state index is 0.0957. The molecule has 3 aromatic heterocycles. The average Bonchev–Trinajstić information content (AvgIpc) is 3.39. The van der Waals surface area contributed by atoms with E-state index in [1.165, 1.54) is 0 Å². The number of carbonyl (C=O) groups excluding carboxylic acids is 1. The summed E-state index contributed by atoms with van der Waals surface area (Å²) < 4.78 is 11.5. The Morgan fingerprint density at radius 1 is 0.917 bits per heavy atom. The molecule has 8 heteroatoms. The highest BCUT2D eigenvalue weighted by molar-refractivity contribution is 5.79. The molecule has 1 aliphatic heterocycles. The van der Waals surface area contributed by atoms with E-state index in [0.717, 1.165) is 59.4 Å². The maximum absolute atomic E-state index is 12.7. The van der Waals surface area contributed by atoms with E-state index in [0.29, 0.717) is 32.2 Å². The highest BCUT2D eigenvalue weighted by Gasteiger charge is 2.31. The lowest BCUT2D eigenvalue weighted by Gasteiger charge is -2.33. The van der Waals surface area contributed by atoms with Crippen molar-refractivity contribution in [2.24, 2.45) is 5.92 Å². The quantitative estimate of drug-likeness (QED) is 0.450. The zero-order chi connectivity index (χ0) is 24.3. The summed E-state index contributed by atoms with van der Waals surface area (Å²) in [5.41, 5.74) is 4.65. The summed E-state index contributed by atoms with van der Waals surface area (Å²) in [6.07, 6.45) is 7.18. The molecule has 8 nitrogen and oxygen atoms in total. The van der Waals surface area contributed by atoms with Crippen molar-refractivity contribution in [1.29, 1.82) is 0 Å². The number of pyridine rings is 2. The lowest BCUT2D eigenvalue weighted by molar-refractivity contribution is -0.141. The molecule has 1 aliphatic carbocycles. The lowest BCUT2D eigenvalue weighted by Crippen LogP contribution is -2.45. The average molecular weight is 484 g/mol. The van der Waals surface area contributed by atoms with Gasteiger partial charge < -0.3 is 19.4 Å². The summed E-state index contributed by atoms with van der Waals surface area (Å²) in [6, 6.07) is 15.9. The molecule has 1 N–H and O–H groups in total. The first kappa shape index (κ1) is 22.7. The van der Waals surface area contributed by atoms with Gasteiger partial charge in [0.05, 0.1) is 29.9 Å². The van der Waals surface area contributed by atoms with Crippen molar-refractivity contribution in [2.75, 3.05) is 26.3 Å². The number of para-hydroxylation sites is 2. The Hall–Kier alpha value is -3.78. The molecule has 184 valence electrons. The van der Waals surface area contributed by atoms with Gasteiger partial charge in [-0.25, -0.2) is 9.97 Å². The van der Waals surface area contributed by atoms with Crippen molar-refractivity contribution in [3.8, 4) is 28.5 Å². The zero-order valence-electron chi connectivity index (χ0n) is 20.1. The number of hydrogen-bond acceptors (Lipinski definition) is 6. The van der Waals surface area contributed by atoms with Crippen LogP contribution < -0.4 is 4.74 Å². The Labute approximate surface area is 209 Å². The molecule has 0 atom stereocenters. The summed E-state index contributed by atoms with van der Waals surface area (Å²) in [5, 5.41) is 0. The third kappa shape index (κ3) is 4.81. The van der Waals surface area contributed by atoms with Gasteiger partial charge in [0.25, 0.3) is 0 Å². The van der Waals surface area contributed by atoms with Crippen molar-refractivity contribution in [1.82, 2.24) is 24.8 Å². The molecule has 36 heavy (non-hydrogen) atoms. The normalized spacial score (nSPS) is 20.4. The number of carbonyl (C=O) groups is 1. The molecule has 0 spiro atoms. The second kappa shape index (κ2) is 10.1. The van der Waals surface area contributed by atoms with Gasteiger partial charge in [-0.2, -0.15) is 0 Å². The second-order valence-corrected chi connectivity index (χ2v) is 9.45. The van der Waals surface area contributed by atoms with Crippen LogP contribution in [0.5, 0.6) is 5.88 Å². The third-order valence-corrected chi connectivity index (χ3v) is 7.09. The number of nitrogens with one attached hydrogen (secondary N) is 1. The van der Waals surface area contributed by atoms with Crippen molar-refractivity contribution in [3.05, 3.63) is 60.9 Å². The molecule has 0 radical (unpaired) electrons. The van der Waals surface area contributed by atoms with Crippen molar-refractivity contribution in [2.45, 2.75) is 31.8 Å². The largest absolute Gasteiger partial charge is 0.474 e. The number of aromatic amines is 1. The first-order valence-corrected chi connectivity index (χ1v) is 12.6. The highest BCUT2D eigenvalue weighted by atomic mass is 16.5. The number of morpholine rings is 1. The van der Waals surface area contributed by atoms with Crippen LogP contribution in [0.15, 0.2) is 60.9 Å². The first-order chi connectivity index (χ1) is 17.7. The van der Waals surface area contributed by atoms with Gasteiger partial charge in [-0.15, -0.1) is 0 Å². The Bertz CT molecular complexity index is 1290. The SMILES string of the molecule is O=C(C1CCC(Oc2ccc(-c3ccc(-c4nc5ccccc5[nH]4)cn3)cn2)CC1)N1CCOCC1. The molecule has 0 unspecified atom stereocenters. The van der Waals surface area contributed by atoms with Crippen LogP contribution in [0.4, 0.5) is 0 Å². The number of nitrogens with zero attached hydrogens (tertiary/aromatic N) is 4. The molecule has 2 aliphatic rings. The fourth-order valence-corrected chi connectivity index (χ4v) is 5.04. The van der Waals surface area contributed by atoms with Gasteiger partial charge in [0.2, 0.25) is 11.8 Å². The van der Waals surface area contributed by atoms with Crippen molar-refractivity contribution >= 4 is 16.9 Å². The maximum atomic E-state index is 12.7. The Kier molecular flexibility index (Phi) is 6.34. The zero-order valence-corrected chi connectivity index (χ0v) is 20.1. The van der Waals surface area contributed by atoms with Gasteiger partial charge in [0, 0.05) is 48.6 Å². The summed E-state index contributed by atoms with van der Waals surface area (Å²) in [5.74, 6) is 1.80. The Balaban J connectivity index is 1.04. The van der Waals surface area contributed by atoms with E-state index in [1.54, 1.807) is 6.20 Å². The lowest BCUT2D eigenvalue weighted by atomic mass is 9.86. The van der Waals surface area contributed by atoms with Crippen molar-refractivity contribution in [3.63, 3.8) is 0 Å². The minimum Gasteiger partial charge on any atom is -0.474 e. The smallest absolute Gasteiger partial charge is 0.225 e. The number of ether oxygens (including phenoxy) is 2. The van der Waals surface area contributed by atoms with Gasteiger partial charge in [-0.3, -0.25) is 9.78 Å². The number of H-pyrrole nitrogens is 1. The van der Waals surface area contributed by atoms with Crippen LogP contribution in [0.3, 0.4) is 0 Å². The third-order valence-electron chi connectivity index (χ3n) is 7.09. The van der Waals surface area contributed by atoms with E-state index in [9.17, 15) is 4.79 Å². The van der Waals surface area contributed by atoms with Crippen LogP contribution in [0.25, 0.3) is 33.7 Å². The Morgan fingerprint density at radius 2 is 1.69 bits per heavy atom. The van der Waals surface area contributed by atoms with E-state index >= 15 is 0 Å². The number of imidazole rings is 1. The topological polar surface area (TPSA) is 93.2 Å². The minimum atomic E-state index is 0.0957. The highest BCUT2D eigenvalue weighted by Crippen LogP contribution is 2.29. The fraction of sp³-hybridized carbons (Fsp3) is 0.357. The van der Waals surface area contributed by atoms with Gasteiger partial charge in [-0.05, 0) is 56.0 Å². The fourth-order valence-electron chi connectivity index (χ4n) is 5.04. The molecule has 1 saturated heterocycles. The summed E-state index contributed by atoms with van der Waals surface area (Å²) >= 11 is 0. The van der Waals surface area contributed by atoms with E-state index in [-0.39, 0.29) is 17.9 Å². The number of benzene rings is 1. The predicted molar refractivity (Wildman–Crippen MR) is 136 cm³/mol. The molecule has 2 fully saturated rings. The summed E-state index contributed by atoms with van der Waals surface area (Å²) in [4.78, 5) is 31.8. The Morgan fingerprint density at radius 3 is 2.42 bits per heavy atom. The molecule has 4 aromatic rings. The molecular formula is C28H29N5O3. The van der Waals surface area contributed by atoms with Crippen LogP contribution in [0.2, 0.25) is 0 Å². The second-order valence-electron chi connectivity index (χ2n) is 9.45. The standard InChI is InChI=1S/C28H29N5O3/c34-28(33-13-15-35-16-14-33)19-5-9-22(10-6-19)36-26-12-8-20(17-30-26)23-11-7-21(18-29-23)27-31-24-3-1-2-4-25(24)32-27/h1-4,7-8,11-12,17-19,22H,5-6,9-10,13-16H2,(H,31,32). The van der Waals surface area contributed by atoms with Crippen LogP contribution in [-0.4, -0.2) is 63.2 Å². The first-order valence-electron chi connectivity index (χ1n) is 12.6. The van der Waals surface area contributed by atoms with Crippen LogP contribution >= 0.6 is 0 Å². The summed E-state index contributed by atoms with van der Waals surface area (Å²) in [6.45, 7) is 2.71. The molecule has 1 amide bonds. The molecule has 0 bridgehead atoms. The van der Waals surface area contributed by atoms with Gasteiger partial charge in [0.15, 0.2) is 0 Å². The molecule has 6 rings (SSSR count). The predicted octanol–water partition coefficient (Wildman–Crippen LogP) is 4.48. The maximum Gasteiger partial charge on any atom is 0.225 e. The van der Waals surface area contributed by atoms with E-state index in [1.807, 2.05) is 59.6 Å². The van der Waals surface area contributed by atoms with E-state index < -0.39 is 0 Å². The molecular weight excluding hydrogens is 454 g/mol. The monoisotopic (exact) mass is 483 g/mol. The molecule has 1 saturated carbocycles. The molecule has 4 heterocycles. The number of aromatic nitrogens is 4. The number of fused-ring (bicyclic) bond motifs is 1.